The number of nitrogens with one attached hydrogen (secondary N) is 2. The Morgan fingerprint density at radius 3 is 2.41 bits per heavy atom. The Labute approximate surface area is 131 Å². The summed E-state index contributed by atoms with van der Waals surface area (Å²) < 4.78 is 25.7. The Bertz CT molecular complexity index is 609. The molecule has 0 aromatic heterocycles. The Morgan fingerprint density at radius 2 is 2.00 bits per heavy atom. The maximum absolute atomic E-state index is 12.5. The fourth-order valence-corrected chi connectivity index (χ4v) is 3.66. The molecule has 0 bridgehead atoms. The third-order valence-corrected chi connectivity index (χ3v) is 7.10. The van der Waals surface area contributed by atoms with Gasteiger partial charge in [0.1, 0.15) is 5.54 Å². The lowest BCUT2D eigenvalue weighted by molar-refractivity contribution is -0.131. The highest BCUT2D eigenvalue weighted by Crippen LogP contribution is 2.46. The van der Waals surface area contributed by atoms with Crippen molar-refractivity contribution in [1.82, 2.24) is 10.0 Å². The molecule has 0 aromatic carbocycles. The molecular formula is C15H24N2O4S. The van der Waals surface area contributed by atoms with Crippen molar-refractivity contribution in [3.63, 3.8) is 0 Å². The van der Waals surface area contributed by atoms with Gasteiger partial charge < -0.3 is 5.32 Å². The van der Waals surface area contributed by atoms with Crippen LogP contribution in [0, 0.1) is 11.8 Å². The highest BCUT2D eigenvalue weighted by atomic mass is 32.2. The lowest BCUT2D eigenvalue weighted by Gasteiger charge is -2.22. The maximum atomic E-state index is 12.5. The standard InChI is InChI=1S/C15H24N2O4S/c1-5-10(3)12(18)16-15(9-11(15)6-2)13(19)17-22(20,21)14(4)7-8-14/h6,10-11H,2,5,7-9H2,1,3-4H3,(H,16,18)(H,17,19). The van der Waals surface area contributed by atoms with Gasteiger partial charge >= 0.3 is 0 Å². The van der Waals surface area contributed by atoms with Gasteiger partial charge in [-0.3, -0.25) is 14.3 Å². The maximum Gasteiger partial charge on any atom is 0.259 e. The monoisotopic (exact) mass is 328 g/mol. The lowest BCUT2D eigenvalue weighted by Crippen LogP contribution is -2.54. The van der Waals surface area contributed by atoms with E-state index in [1.165, 1.54) is 0 Å². The van der Waals surface area contributed by atoms with Crippen molar-refractivity contribution in [1.29, 1.82) is 0 Å². The van der Waals surface area contributed by atoms with E-state index in [9.17, 15) is 18.0 Å². The number of amides is 2. The van der Waals surface area contributed by atoms with Gasteiger partial charge in [-0.15, -0.1) is 6.58 Å². The van der Waals surface area contributed by atoms with Crippen LogP contribution >= 0.6 is 0 Å². The van der Waals surface area contributed by atoms with Crippen LogP contribution in [0.25, 0.3) is 0 Å². The minimum absolute atomic E-state index is 0.228. The number of sulfonamides is 1. The van der Waals surface area contributed by atoms with Gasteiger partial charge in [0.2, 0.25) is 15.9 Å². The molecule has 2 fully saturated rings. The highest BCUT2D eigenvalue weighted by molar-refractivity contribution is 7.91. The van der Waals surface area contributed by atoms with Crippen LogP contribution in [-0.2, 0) is 19.6 Å². The fraction of sp³-hybridized carbons (Fsp3) is 0.733. The van der Waals surface area contributed by atoms with Crippen LogP contribution in [0.3, 0.4) is 0 Å². The van der Waals surface area contributed by atoms with Crippen molar-refractivity contribution >= 4 is 21.8 Å². The molecular weight excluding hydrogens is 304 g/mol. The Morgan fingerprint density at radius 1 is 1.41 bits per heavy atom. The van der Waals surface area contributed by atoms with Crippen molar-refractivity contribution in [3.8, 4) is 0 Å². The van der Waals surface area contributed by atoms with Gasteiger partial charge in [-0.2, -0.15) is 0 Å². The summed E-state index contributed by atoms with van der Waals surface area (Å²) in [5, 5.41) is 2.73. The molecule has 6 nitrogen and oxygen atoms in total. The SMILES string of the molecule is C=CC1CC1(NC(=O)C(C)CC)C(=O)NS(=O)(=O)C1(C)CC1. The lowest BCUT2D eigenvalue weighted by atomic mass is 10.1. The van der Waals surface area contributed by atoms with Crippen molar-refractivity contribution in [2.45, 2.75) is 56.7 Å². The Balaban J connectivity index is 2.13. The Hall–Kier alpha value is -1.37. The summed E-state index contributed by atoms with van der Waals surface area (Å²) in [6.45, 7) is 8.92. The molecule has 124 valence electrons. The first-order valence-corrected chi connectivity index (χ1v) is 9.11. The van der Waals surface area contributed by atoms with E-state index in [-0.39, 0.29) is 17.7 Å². The minimum Gasteiger partial charge on any atom is -0.341 e. The van der Waals surface area contributed by atoms with Gasteiger partial charge in [0.25, 0.3) is 5.91 Å². The first kappa shape index (κ1) is 17.0. The molecule has 3 unspecified atom stereocenters. The molecule has 2 aliphatic rings. The summed E-state index contributed by atoms with van der Waals surface area (Å²) in [5.41, 5.74) is -1.17. The molecule has 2 saturated carbocycles. The van der Waals surface area contributed by atoms with E-state index >= 15 is 0 Å². The first-order valence-electron chi connectivity index (χ1n) is 7.63. The molecule has 0 heterocycles. The predicted molar refractivity (Wildman–Crippen MR) is 83.3 cm³/mol. The third kappa shape index (κ3) is 2.78. The van der Waals surface area contributed by atoms with Gasteiger partial charge in [-0.05, 0) is 32.6 Å². The molecule has 7 heteroatoms. The van der Waals surface area contributed by atoms with E-state index in [1.54, 1.807) is 19.9 Å². The van der Waals surface area contributed by atoms with Crippen LogP contribution in [0.1, 0.15) is 46.5 Å². The van der Waals surface area contributed by atoms with Gasteiger partial charge in [0.15, 0.2) is 0 Å². The van der Waals surface area contributed by atoms with Gasteiger partial charge in [-0.25, -0.2) is 8.42 Å². The summed E-state index contributed by atoms with van der Waals surface area (Å²) >= 11 is 0. The minimum atomic E-state index is -3.71. The zero-order chi connectivity index (χ0) is 16.8. The van der Waals surface area contributed by atoms with Gasteiger partial charge in [0.05, 0.1) is 4.75 Å². The molecule has 2 aliphatic carbocycles. The average molecular weight is 328 g/mol. The molecule has 2 rings (SSSR count). The van der Waals surface area contributed by atoms with E-state index in [0.29, 0.717) is 25.7 Å². The number of carbonyl (C=O) groups is 2. The molecule has 0 radical (unpaired) electrons. The van der Waals surface area contributed by atoms with Crippen LogP contribution in [0.15, 0.2) is 12.7 Å². The highest BCUT2D eigenvalue weighted by Gasteiger charge is 2.62. The van der Waals surface area contributed by atoms with Crippen molar-refractivity contribution in [2.24, 2.45) is 11.8 Å². The summed E-state index contributed by atoms with van der Waals surface area (Å²) in [4.78, 5) is 24.6. The largest absolute Gasteiger partial charge is 0.341 e. The molecule has 0 saturated heterocycles. The fourth-order valence-electron chi connectivity index (χ4n) is 2.34. The molecule has 0 aliphatic heterocycles. The van der Waals surface area contributed by atoms with E-state index in [2.05, 4.69) is 16.6 Å². The topological polar surface area (TPSA) is 92.3 Å². The van der Waals surface area contributed by atoms with Crippen LogP contribution in [-0.4, -0.2) is 30.5 Å². The number of carbonyl (C=O) groups excluding carboxylic acids is 2. The van der Waals surface area contributed by atoms with Crippen molar-refractivity contribution < 1.29 is 18.0 Å². The summed E-state index contributed by atoms with van der Waals surface area (Å²) in [6.07, 6.45) is 3.72. The van der Waals surface area contributed by atoms with E-state index in [1.807, 2.05) is 6.92 Å². The van der Waals surface area contributed by atoms with Crippen molar-refractivity contribution in [2.75, 3.05) is 0 Å². The number of rotatable bonds is 7. The van der Waals surface area contributed by atoms with Crippen LogP contribution in [0.2, 0.25) is 0 Å². The molecule has 3 atom stereocenters. The zero-order valence-corrected chi connectivity index (χ0v) is 14.1. The summed E-state index contributed by atoms with van der Waals surface area (Å²) in [6, 6.07) is 0. The van der Waals surface area contributed by atoms with Crippen molar-refractivity contribution in [3.05, 3.63) is 12.7 Å². The summed E-state index contributed by atoms with van der Waals surface area (Å²) in [7, 11) is -3.71. The molecule has 2 N–H and O–H groups in total. The Kier molecular flexibility index (Phi) is 4.14. The molecule has 0 aromatic rings. The second kappa shape index (κ2) is 5.37. The second-order valence-electron chi connectivity index (χ2n) is 6.70. The number of hydrogen-bond acceptors (Lipinski definition) is 4. The molecule has 2 amide bonds. The molecule has 0 spiro atoms. The summed E-state index contributed by atoms with van der Waals surface area (Å²) in [5.74, 6) is -1.35. The molecule has 22 heavy (non-hydrogen) atoms. The van der Waals surface area contributed by atoms with Crippen LogP contribution < -0.4 is 10.0 Å². The normalized spacial score (nSPS) is 30.0. The average Bonchev–Trinajstić information content (AvgIpc) is 3.34. The predicted octanol–water partition coefficient (Wildman–Crippen LogP) is 1.09. The van der Waals surface area contributed by atoms with Gasteiger partial charge in [0, 0.05) is 11.8 Å². The zero-order valence-electron chi connectivity index (χ0n) is 13.3. The van der Waals surface area contributed by atoms with E-state index < -0.39 is 26.2 Å². The van der Waals surface area contributed by atoms with Gasteiger partial charge in [-0.1, -0.05) is 19.9 Å². The van der Waals surface area contributed by atoms with E-state index in [0.717, 1.165) is 0 Å². The quantitative estimate of drug-likeness (QED) is 0.684. The van der Waals surface area contributed by atoms with Crippen LogP contribution in [0.4, 0.5) is 0 Å². The first-order chi connectivity index (χ1) is 10.1. The van der Waals surface area contributed by atoms with E-state index in [4.69, 9.17) is 0 Å². The smallest absolute Gasteiger partial charge is 0.259 e. The third-order valence-electron chi connectivity index (χ3n) is 4.94. The second-order valence-corrected chi connectivity index (χ2v) is 8.90. The van der Waals surface area contributed by atoms with Crippen LogP contribution in [0.5, 0.6) is 0 Å². The number of hydrogen-bond donors (Lipinski definition) is 2.